The molecular formula is C28H21N3O5S. The van der Waals surface area contributed by atoms with E-state index in [0.29, 0.717) is 33.7 Å². The number of furan rings is 1. The Balaban J connectivity index is 1.43. The highest BCUT2D eigenvalue weighted by Crippen LogP contribution is 2.36. The molecule has 0 spiro atoms. The van der Waals surface area contributed by atoms with E-state index < -0.39 is 4.92 Å². The molecule has 1 aliphatic rings. The fraction of sp³-hybridized carbons (Fsp3) is 0.0714. The topological polar surface area (TPSA) is 98.2 Å². The molecule has 5 rings (SSSR count). The molecule has 0 aliphatic carbocycles. The van der Waals surface area contributed by atoms with Gasteiger partial charge in [0.25, 0.3) is 11.6 Å². The van der Waals surface area contributed by atoms with Crippen molar-refractivity contribution >= 4 is 40.3 Å². The van der Waals surface area contributed by atoms with Gasteiger partial charge < -0.3 is 9.15 Å². The largest absolute Gasteiger partial charge is 0.497 e. The average Bonchev–Trinajstić information content (AvgIpc) is 3.50. The summed E-state index contributed by atoms with van der Waals surface area (Å²) in [7, 11) is 1.61. The van der Waals surface area contributed by atoms with Crippen LogP contribution in [0, 0.1) is 10.1 Å². The molecule has 1 amide bonds. The summed E-state index contributed by atoms with van der Waals surface area (Å²) in [6.07, 6.45) is 1.69. The van der Waals surface area contributed by atoms with Crippen LogP contribution in [0.15, 0.2) is 105 Å². The number of nitro benzene ring substituents is 1. The molecule has 8 nitrogen and oxygen atoms in total. The molecule has 0 bridgehead atoms. The molecular weight excluding hydrogens is 490 g/mol. The van der Waals surface area contributed by atoms with Crippen LogP contribution in [0.25, 0.3) is 17.4 Å². The molecule has 0 atom stereocenters. The van der Waals surface area contributed by atoms with Crippen molar-refractivity contribution in [3.05, 3.63) is 117 Å². The molecule has 9 heteroatoms. The highest BCUT2D eigenvalue weighted by Gasteiger charge is 2.34. The van der Waals surface area contributed by atoms with E-state index in [0.717, 1.165) is 17.0 Å². The zero-order valence-electron chi connectivity index (χ0n) is 19.7. The zero-order chi connectivity index (χ0) is 25.8. The fourth-order valence-corrected chi connectivity index (χ4v) is 4.70. The molecule has 1 saturated heterocycles. The first kappa shape index (κ1) is 24.1. The first-order valence-corrected chi connectivity index (χ1v) is 12.1. The van der Waals surface area contributed by atoms with E-state index in [4.69, 9.17) is 14.1 Å². The quantitative estimate of drug-likeness (QED) is 0.156. The number of methoxy groups -OCH3 is 1. The van der Waals surface area contributed by atoms with Crippen molar-refractivity contribution in [2.24, 2.45) is 4.99 Å². The van der Waals surface area contributed by atoms with Gasteiger partial charge >= 0.3 is 0 Å². The molecule has 1 fully saturated rings. The molecule has 1 aliphatic heterocycles. The van der Waals surface area contributed by atoms with E-state index in [1.807, 2.05) is 54.6 Å². The summed E-state index contributed by atoms with van der Waals surface area (Å²) in [4.78, 5) is 30.7. The number of benzene rings is 3. The molecule has 0 N–H and O–H groups in total. The van der Waals surface area contributed by atoms with Crippen LogP contribution >= 0.6 is 11.8 Å². The fourth-order valence-electron chi connectivity index (χ4n) is 3.72. The highest BCUT2D eigenvalue weighted by molar-refractivity contribution is 8.18. The number of aliphatic imine (C=N–C) groups is 1. The third-order valence-electron chi connectivity index (χ3n) is 5.63. The van der Waals surface area contributed by atoms with Crippen molar-refractivity contribution < 1.29 is 18.9 Å². The van der Waals surface area contributed by atoms with Crippen molar-refractivity contribution in [3.8, 4) is 17.1 Å². The normalized spacial score (nSPS) is 15.5. The lowest BCUT2D eigenvalue weighted by atomic mass is 10.1. The van der Waals surface area contributed by atoms with Gasteiger partial charge in [-0.25, -0.2) is 4.99 Å². The summed E-state index contributed by atoms with van der Waals surface area (Å²) in [5.41, 5.74) is 2.40. The summed E-state index contributed by atoms with van der Waals surface area (Å²) >= 11 is 1.28. The summed E-state index contributed by atoms with van der Waals surface area (Å²) in [5, 5.41) is 11.5. The number of nitro groups is 1. The minimum atomic E-state index is -0.447. The number of ether oxygens (including phenoxy) is 1. The Morgan fingerprint density at radius 1 is 1.00 bits per heavy atom. The van der Waals surface area contributed by atoms with Gasteiger partial charge in [-0.1, -0.05) is 30.3 Å². The second kappa shape index (κ2) is 10.5. The zero-order valence-corrected chi connectivity index (χ0v) is 20.6. The van der Waals surface area contributed by atoms with E-state index in [-0.39, 0.29) is 11.6 Å². The molecule has 0 unspecified atom stereocenters. The van der Waals surface area contributed by atoms with Gasteiger partial charge in [0.15, 0.2) is 5.17 Å². The molecule has 37 heavy (non-hydrogen) atoms. The Morgan fingerprint density at radius 3 is 2.41 bits per heavy atom. The van der Waals surface area contributed by atoms with Crippen LogP contribution in [-0.2, 0) is 11.3 Å². The highest BCUT2D eigenvalue weighted by atomic mass is 32.2. The van der Waals surface area contributed by atoms with Crippen LogP contribution in [-0.4, -0.2) is 28.0 Å². The number of hydrogen-bond donors (Lipinski definition) is 0. The maximum absolute atomic E-state index is 13.4. The van der Waals surface area contributed by atoms with E-state index in [2.05, 4.69) is 0 Å². The van der Waals surface area contributed by atoms with Crippen molar-refractivity contribution in [1.82, 2.24) is 4.90 Å². The number of non-ortho nitro benzene ring substituents is 1. The second-order valence-corrected chi connectivity index (χ2v) is 9.10. The third-order valence-corrected chi connectivity index (χ3v) is 6.64. The Kier molecular flexibility index (Phi) is 6.87. The number of nitrogens with zero attached hydrogens (tertiary/aromatic N) is 3. The molecule has 0 radical (unpaired) electrons. The summed E-state index contributed by atoms with van der Waals surface area (Å²) in [6, 6.07) is 26.7. The van der Waals surface area contributed by atoms with Gasteiger partial charge in [-0.15, -0.1) is 0 Å². The smallest absolute Gasteiger partial charge is 0.269 e. The first-order valence-electron chi connectivity index (χ1n) is 11.3. The van der Waals surface area contributed by atoms with Crippen molar-refractivity contribution in [2.75, 3.05) is 7.11 Å². The van der Waals surface area contributed by atoms with Crippen LogP contribution in [0.4, 0.5) is 11.4 Å². The van der Waals surface area contributed by atoms with Crippen molar-refractivity contribution in [1.29, 1.82) is 0 Å². The van der Waals surface area contributed by atoms with E-state index in [1.165, 1.54) is 23.9 Å². The molecule has 184 valence electrons. The predicted molar refractivity (Wildman–Crippen MR) is 143 cm³/mol. The molecule has 3 aromatic carbocycles. The maximum Gasteiger partial charge on any atom is 0.269 e. The third kappa shape index (κ3) is 5.46. The number of para-hydroxylation sites is 1. The SMILES string of the molecule is COc1ccc(CN2C(=O)/C(=C\c3ccc(-c4ccc([N+](=O)[O-])cc4)o3)SC2=Nc2ccccc2)cc1. The number of amidine groups is 1. The molecule has 4 aromatic rings. The van der Waals surface area contributed by atoms with Gasteiger partial charge in [-0.05, 0) is 65.9 Å². The average molecular weight is 512 g/mol. The number of thioether (sulfide) groups is 1. The number of hydrogen-bond acceptors (Lipinski definition) is 7. The van der Waals surface area contributed by atoms with Crippen LogP contribution in [0.5, 0.6) is 5.75 Å². The number of carbonyl (C=O) groups is 1. The Hall–Kier alpha value is -4.63. The molecule has 1 aromatic heterocycles. The van der Waals surface area contributed by atoms with E-state index in [9.17, 15) is 14.9 Å². The van der Waals surface area contributed by atoms with Crippen LogP contribution < -0.4 is 4.74 Å². The maximum atomic E-state index is 13.4. The van der Waals surface area contributed by atoms with Gasteiger partial charge in [-0.3, -0.25) is 19.8 Å². The standard InChI is InChI=1S/C28H21N3O5S/c1-35-23-13-7-19(8-14-23)18-30-27(32)26(37-28(30)29-21-5-3-2-4-6-21)17-24-15-16-25(36-24)20-9-11-22(12-10-20)31(33)34/h2-17H,18H2,1H3/b26-17+,29-28?. The van der Waals surface area contributed by atoms with Crippen LogP contribution in [0.1, 0.15) is 11.3 Å². The van der Waals surface area contributed by atoms with Crippen LogP contribution in [0.3, 0.4) is 0 Å². The van der Waals surface area contributed by atoms with Gasteiger partial charge in [0.2, 0.25) is 0 Å². The first-order chi connectivity index (χ1) is 18.0. The van der Waals surface area contributed by atoms with Crippen molar-refractivity contribution in [2.45, 2.75) is 6.54 Å². The summed E-state index contributed by atoms with van der Waals surface area (Å²) in [5.74, 6) is 1.61. The van der Waals surface area contributed by atoms with Gasteiger partial charge in [0, 0.05) is 23.8 Å². The van der Waals surface area contributed by atoms with Gasteiger partial charge in [0.1, 0.15) is 17.3 Å². The number of amides is 1. The minimum absolute atomic E-state index is 0.00721. The molecule has 0 saturated carbocycles. The monoisotopic (exact) mass is 511 g/mol. The van der Waals surface area contributed by atoms with Crippen LogP contribution in [0.2, 0.25) is 0 Å². The lowest BCUT2D eigenvalue weighted by molar-refractivity contribution is -0.384. The minimum Gasteiger partial charge on any atom is -0.497 e. The molecule has 2 heterocycles. The van der Waals surface area contributed by atoms with E-state index >= 15 is 0 Å². The summed E-state index contributed by atoms with van der Waals surface area (Å²) < 4.78 is 11.2. The predicted octanol–water partition coefficient (Wildman–Crippen LogP) is 6.67. The Morgan fingerprint density at radius 2 is 1.73 bits per heavy atom. The van der Waals surface area contributed by atoms with Gasteiger partial charge in [-0.2, -0.15) is 0 Å². The lowest BCUT2D eigenvalue weighted by Crippen LogP contribution is -2.28. The summed E-state index contributed by atoms with van der Waals surface area (Å²) in [6.45, 7) is 0.352. The van der Waals surface area contributed by atoms with E-state index in [1.54, 1.807) is 42.4 Å². The Bertz CT molecular complexity index is 1490. The Labute approximate surface area is 217 Å². The number of carbonyl (C=O) groups excluding carboxylic acids is 1. The van der Waals surface area contributed by atoms with Crippen molar-refractivity contribution in [3.63, 3.8) is 0 Å². The second-order valence-electron chi connectivity index (χ2n) is 8.09. The number of rotatable bonds is 7. The lowest BCUT2D eigenvalue weighted by Gasteiger charge is -2.16. The van der Waals surface area contributed by atoms with Gasteiger partial charge in [0.05, 0.1) is 29.2 Å².